The SMILES string of the molecule is C=CCN(CC(=O)O)C(=O)CNC(C)C. The average Bonchev–Trinajstić information content (AvgIpc) is 2.12. The lowest BCUT2D eigenvalue weighted by Gasteiger charge is -2.19. The van der Waals surface area contributed by atoms with Gasteiger partial charge in [0.1, 0.15) is 6.54 Å². The number of amides is 1. The van der Waals surface area contributed by atoms with Crippen molar-refractivity contribution in [1.29, 1.82) is 0 Å². The first kappa shape index (κ1) is 13.6. The highest BCUT2D eigenvalue weighted by Gasteiger charge is 2.14. The zero-order chi connectivity index (χ0) is 11.8. The summed E-state index contributed by atoms with van der Waals surface area (Å²) in [6.07, 6.45) is 1.51. The van der Waals surface area contributed by atoms with Crippen molar-refractivity contribution in [2.75, 3.05) is 19.6 Å². The highest BCUT2D eigenvalue weighted by atomic mass is 16.4. The first-order chi connectivity index (χ1) is 6.97. The van der Waals surface area contributed by atoms with Crippen LogP contribution < -0.4 is 5.32 Å². The van der Waals surface area contributed by atoms with Crippen LogP contribution in [-0.4, -0.2) is 47.6 Å². The molecule has 0 atom stereocenters. The van der Waals surface area contributed by atoms with Gasteiger partial charge in [0.25, 0.3) is 0 Å². The molecule has 86 valence electrons. The number of hydrogen-bond donors (Lipinski definition) is 2. The van der Waals surface area contributed by atoms with Gasteiger partial charge in [0.05, 0.1) is 6.54 Å². The molecule has 0 aromatic carbocycles. The van der Waals surface area contributed by atoms with Crippen molar-refractivity contribution in [2.45, 2.75) is 19.9 Å². The van der Waals surface area contributed by atoms with Gasteiger partial charge >= 0.3 is 5.97 Å². The molecular weight excluding hydrogens is 196 g/mol. The molecule has 0 saturated heterocycles. The van der Waals surface area contributed by atoms with E-state index in [1.807, 2.05) is 13.8 Å². The summed E-state index contributed by atoms with van der Waals surface area (Å²) >= 11 is 0. The van der Waals surface area contributed by atoms with Gasteiger partial charge in [-0.25, -0.2) is 0 Å². The fraction of sp³-hybridized carbons (Fsp3) is 0.600. The molecule has 0 fully saturated rings. The van der Waals surface area contributed by atoms with Crippen LogP contribution in [0.15, 0.2) is 12.7 Å². The molecule has 0 spiro atoms. The summed E-state index contributed by atoms with van der Waals surface area (Å²) in [5.41, 5.74) is 0. The number of carboxylic acids is 1. The molecule has 0 aromatic rings. The molecule has 0 aliphatic heterocycles. The number of carbonyl (C=O) groups is 2. The van der Waals surface area contributed by atoms with Crippen LogP contribution in [0.4, 0.5) is 0 Å². The Morgan fingerprint density at radius 2 is 2.13 bits per heavy atom. The van der Waals surface area contributed by atoms with E-state index in [4.69, 9.17) is 5.11 Å². The van der Waals surface area contributed by atoms with Gasteiger partial charge in [-0.15, -0.1) is 6.58 Å². The number of carboxylic acid groups (broad SMARTS) is 1. The van der Waals surface area contributed by atoms with Crippen molar-refractivity contribution in [3.63, 3.8) is 0 Å². The Labute approximate surface area is 89.8 Å². The van der Waals surface area contributed by atoms with E-state index in [2.05, 4.69) is 11.9 Å². The van der Waals surface area contributed by atoms with E-state index in [-0.39, 0.29) is 31.6 Å². The Morgan fingerprint density at radius 3 is 2.53 bits per heavy atom. The predicted molar refractivity (Wildman–Crippen MR) is 57.6 cm³/mol. The van der Waals surface area contributed by atoms with Crippen LogP contribution in [-0.2, 0) is 9.59 Å². The van der Waals surface area contributed by atoms with E-state index in [0.29, 0.717) is 0 Å². The van der Waals surface area contributed by atoms with Crippen LogP contribution in [0.1, 0.15) is 13.8 Å². The third-order valence-corrected chi connectivity index (χ3v) is 1.69. The van der Waals surface area contributed by atoms with E-state index >= 15 is 0 Å². The predicted octanol–water partition coefficient (Wildman–Crippen LogP) is 0.0836. The molecule has 5 nitrogen and oxygen atoms in total. The quantitative estimate of drug-likeness (QED) is 0.589. The van der Waals surface area contributed by atoms with Crippen molar-refractivity contribution in [2.24, 2.45) is 0 Å². The van der Waals surface area contributed by atoms with Crippen LogP contribution >= 0.6 is 0 Å². The van der Waals surface area contributed by atoms with E-state index < -0.39 is 5.97 Å². The summed E-state index contributed by atoms with van der Waals surface area (Å²) in [4.78, 5) is 23.2. The molecule has 0 radical (unpaired) electrons. The summed E-state index contributed by atoms with van der Waals surface area (Å²) in [5.74, 6) is -1.25. The molecule has 5 heteroatoms. The van der Waals surface area contributed by atoms with Crippen molar-refractivity contribution < 1.29 is 14.7 Å². The summed E-state index contributed by atoms with van der Waals surface area (Å²) in [5, 5.41) is 11.5. The van der Waals surface area contributed by atoms with Crippen molar-refractivity contribution in [1.82, 2.24) is 10.2 Å². The average molecular weight is 214 g/mol. The standard InChI is InChI=1S/C10H18N2O3/c1-4-5-12(7-10(14)15)9(13)6-11-8(2)3/h4,8,11H,1,5-7H2,2-3H3,(H,14,15). The summed E-state index contributed by atoms with van der Waals surface area (Å²) in [6.45, 7) is 7.44. The molecule has 15 heavy (non-hydrogen) atoms. The molecule has 0 aromatic heterocycles. The highest BCUT2D eigenvalue weighted by molar-refractivity contribution is 5.82. The number of nitrogens with one attached hydrogen (secondary N) is 1. The minimum absolute atomic E-state index is 0.152. The minimum atomic E-state index is -1.02. The maximum absolute atomic E-state index is 11.5. The number of rotatable bonds is 7. The molecule has 2 N–H and O–H groups in total. The summed E-state index contributed by atoms with van der Waals surface area (Å²) < 4.78 is 0. The molecule has 0 heterocycles. The third-order valence-electron chi connectivity index (χ3n) is 1.69. The van der Waals surface area contributed by atoms with Gasteiger partial charge in [-0.05, 0) is 0 Å². The normalized spacial score (nSPS) is 10.1. The summed E-state index contributed by atoms with van der Waals surface area (Å²) in [6, 6.07) is 0.198. The Morgan fingerprint density at radius 1 is 1.53 bits per heavy atom. The van der Waals surface area contributed by atoms with E-state index in [0.717, 1.165) is 0 Å². The van der Waals surface area contributed by atoms with Crippen LogP contribution in [0.3, 0.4) is 0 Å². The smallest absolute Gasteiger partial charge is 0.323 e. The highest BCUT2D eigenvalue weighted by Crippen LogP contribution is 1.90. The van der Waals surface area contributed by atoms with Crippen LogP contribution in [0.5, 0.6) is 0 Å². The minimum Gasteiger partial charge on any atom is -0.480 e. The number of aliphatic carboxylic acids is 1. The number of nitrogens with zero attached hydrogens (tertiary/aromatic N) is 1. The molecule has 0 saturated carbocycles. The zero-order valence-corrected chi connectivity index (χ0v) is 9.19. The lowest BCUT2D eigenvalue weighted by molar-refractivity contribution is -0.143. The van der Waals surface area contributed by atoms with Gasteiger partial charge in [0.2, 0.25) is 5.91 Å². The fourth-order valence-electron chi connectivity index (χ4n) is 0.977. The van der Waals surface area contributed by atoms with E-state index in [1.165, 1.54) is 11.0 Å². The van der Waals surface area contributed by atoms with Gasteiger partial charge in [-0.2, -0.15) is 0 Å². The largest absolute Gasteiger partial charge is 0.480 e. The van der Waals surface area contributed by atoms with Crippen LogP contribution in [0.2, 0.25) is 0 Å². The first-order valence-electron chi connectivity index (χ1n) is 4.81. The molecule has 0 aliphatic rings. The Kier molecular flexibility index (Phi) is 6.37. The topological polar surface area (TPSA) is 69.6 Å². The molecule has 0 unspecified atom stereocenters. The van der Waals surface area contributed by atoms with Crippen molar-refractivity contribution in [3.05, 3.63) is 12.7 Å². The molecular formula is C10H18N2O3. The van der Waals surface area contributed by atoms with Gasteiger partial charge in [0.15, 0.2) is 0 Å². The molecule has 0 aliphatic carbocycles. The van der Waals surface area contributed by atoms with E-state index in [1.54, 1.807) is 0 Å². The second kappa shape index (κ2) is 7.00. The molecule has 0 rings (SSSR count). The van der Waals surface area contributed by atoms with E-state index in [9.17, 15) is 9.59 Å². The second-order valence-corrected chi connectivity index (χ2v) is 3.49. The Hall–Kier alpha value is -1.36. The number of hydrogen-bond acceptors (Lipinski definition) is 3. The van der Waals surface area contributed by atoms with Crippen LogP contribution in [0, 0.1) is 0 Å². The molecule has 0 bridgehead atoms. The summed E-state index contributed by atoms with van der Waals surface area (Å²) in [7, 11) is 0. The van der Waals surface area contributed by atoms with Gasteiger partial charge in [-0.1, -0.05) is 19.9 Å². The molecule has 1 amide bonds. The number of carbonyl (C=O) groups excluding carboxylic acids is 1. The zero-order valence-electron chi connectivity index (χ0n) is 9.19. The van der Waals surface area contributed by atoms with Gasteiger partial charge < -0.3 is 15.3 Å². The Bertz CT molecular complexity index is 239. The lowest BCUT2D eigenvalue weighted by atomic mass is 10.3. The lowest BCUT2D eigenvalue weighted by Crippen LogP contribution is -2.42. The van der Waals surface area contributed by atoms with Crippen LogP contribution in [0.25, 0.3) is 0 Å². The Balaban J connectivity index is 4.15. The fourth-order valence-corrected chi connectivity index (χ4v) is 0.977. The monoisotopic (exact) mass is 214 g/mol. The van der Waals surface area contributed by atoms with Crippen molar-refractivity contribution in [3.8, 4) is 0 Å². The maximum Gasteiger partial charge on any atom is 0.323 e. The van der Waals surface area contributed by atoms with Gasteiger partial charge in [-0.3, -0.25) is 9.59 Å². The van der Waals surface area contributed by atoms with Gasteiger partial charge in [0, 0.05) is 12.6 Å². The first-order valence-corrected chi connectivity index (χ1v) is 4.81. The van der Waals surface area contributed by atoms with Crippen molar-refractivity contribution >= 4 is 11.9 Å². The maximum atomic E-state index is 11.5. The second-order valence-electron chi connectivity index (χ2n) is 3.49. The third kappa shape index (κ3) is 6.68.